The van der Waals surface area contributed by atoms with Crippen LogP contribution in [0.1, 0.15) is 37.7 Å². The summed E-state index contributed by atoms with van der Waals surface area (Å²) in [6.45, 7) is 1.83. The third kappa shape index (κ3) is 1.82. The van der Waals surface area contributed by atoms with E-state index < -0.39 is 0 Å². The maximum Gasteiger partial charge on any atom is 0.137 e. The van der Waals surface area contributed by atoms with Crippen molar-refractivity contribution in [2.24, 2.45) is 0 Å². The molecule has 0 aliphatic carbocycles. The van der Waals surface area contributed by atoms with E-state index in [0.717, 1.165) is 18.5 Å². The van der Waals surface area contributed by atoms with Gasteiger partial charge in [0.25, 0.3) is 0 Å². The first-order valence-corrected chi connectivity index (χ1v) is 6.72. The molecular formula is C15H18FNO. The monoisotopic (exact) mass is 247 g/mol. The number of ketones is 1. The van der Waals surface area contributed by atoms with E-state index in [1.165, 1.54) is 12.5 Å². The Morgan fingerprint density at radius 3 is 2.56 bits per heavy atom. The highest BCUT2D eigenvalue weighted by molar-refractivity contribution is 5.83. The lowest BCUT2D eigenvalue weighted by Gasteiger charge is -2.47. The number of benzene rings is 1. The first-order chi connectivity index (χ1) is 8.66. The third-order valence-electron chi connectivity index (χ3n) is 4.31. The molecule has 3 rings (SSSR count). The van der Waals surface area contributed by atoms with Crippen LogP contribution in [0.15, 0.2) is 18.2 Å². The molecule has 2 saturated heterocycles. The lowest BCUT2D eigenvalue weighted by molar-refractivity contribution is -0.121. The highest BCUT2D eigenvalue weighted by Crippen LogP contribution is 2.38. The van der Waals surface area contributed by atoms with Gasteiger partial charge in [-0.15, -0.1) is 0 Å². The van der Waals surface area contributed by atoms with Crippen LogP contribution < -0.4 is 4.90 Å². The lowest BCUT2D eigenvalue weighted by Crippen LogP contribution is -2.52. The Morgan fingerprint density at radius 1 is 1.22 bits per heavy atom. The summed E-state index contributed by atoms with van der Waals surface area (Å²) in [4.78, 5) is 14.0. The second kappa shape index (κ2) is 4.38. The van der Waals surface area contributed by atoms with Crippen molar-refractivity contribution in [2.75, 3.05) is 4.90 Å². The second-order valence-corrected chi connectivity index (χ2v) is 5.48. The highest BCUT2D eigenvalue weighted by Gasteiger charge is 2.38. The number of hydrogen-bond acceptors (Lipinski definition) is 2. The Labute approximate surface area is 107 Å². The minimum absolute atomic E-state index is 0.150. The van der Waals surface area contributed by atoms with Gasteiger partial charge >= 0.3 is 0 Å². The molecule has 0 aromatic heterocycles. The molecule has 2 fully saturated rings. The van der Waals surface area contributed by atoms with Gasteiger partial charge in [0.05, 0.1) is 0 Å². The van der Waals surface area contributed by atoms with Crippen molar-refractivity contribution >= 4 is 11.5 Å². The largest absolute Gasteiger partial charge is 0.364 e. The van der Waals surface area contributed by atoms with Gasteiger partial charge in [0.2, 0.25) is 0 Å². The number of anilines is 1. The molecule has 2 unspecified atom stereocenters. The van der Waals surface area contributed by atoms with Crippen molar-refractivity contribution in [3.05, 3.63) is 29.6 Å². The van der Waals surface area contributed by atoms with E-state index in [9.17, 15) is 9.18 Å². The van der Waals surface area contributed by atoms with Crippen LogP contribution in [0.3, 0.4) is 0 Å². The Morgan fingerprint density at radius 2 is 1.89 bits per heavy atom. The minimum Gasteiger partial charge on any atom is -0.364 e. The van der Waals surface area contributed by atoms with Gasteiger partial charge in [-0.25, -0.2) is 4.39 Å². The fourth-order valence-electron chi connectivity index (χ4n) is 3.44. The average molecular weight is 247 g/mol. The number of fused-ring (bicyclic) bond motifs is 2. The summed E-state index contributed by atoms with van der Waals surface area (Å²) in [6, 6.07) is 5.82. The number of carbonyl (C=O) groups excluding carboxylic acids is 1. The average Bonchev–Trinajstić information content (AvgIpc) is 2.32. The quantitative estimate of drug-likeness (QED) is 0.759. The van der Waals surface area contributed by atoms with E-state index >= 15 is 0 Å². The van der Waals surface area contributed by atoms with Crippen LogP contribution in [0, 0.1) is 12.7 Å². The van der Waals surface area contributed by atoms with E-state index in [4.69, 9.17) is 0 Å². The zero-order valence-electron chi connectivity index (χ0n) is 10.7. The molecule has 2 aliphatic rings. The third-order valence-corrected chi connectivity index (χ3v) is 4.31. The van der Waals surface area contributed by atoms with Gasteiger partial charge in [-0.05, 0) is 38.3 Å². The SMILES string of the molecule is Cc1c(F)cccc1N1C2CCCC1CC(=O)C2. The number of Topliss-reactive ketones (excluding diaryl/α,β-unsaturated/α-hetero) is 1. The van der Waals surface area contributed by atoms with Gasteiger partial charge in [0, 0.05) is 36.2 Å². The molecule has 2 aliphatic heterocycles. The molecular weight excluding hydrogens is 229 g/mol. The van der Waals surface area contributed by atoms with E-state index in [0.29, 0.717) is 24.2 Å². The number of carbonyl (C=O) groups is 1. The molecule has 0 saturated carbocycles. The van der Waals surface area contributed by atoms with E-state index in [2.05, 4.69) is 4.90 Å². The zero-order valence-corrected chi connectivity index (χ0v) is 10.7. The van der Waals surface area contributed by atoms with Crippen molar-refractivity contribution < 1.29 is 9.18 Å². The molecule has 2 nitrogen and oxygen atoms in total. The summed E-state index contributed by atoms with van der Waals surface area (Å²) in [5, 5.41) is 0. The minimum atomic E-state index is -0.150. The topological polar surface area (TPSA) is 20.3 Å². The molecule has 2 heterocycles. The first-order valence-electron chi connectivity index (χ1n) is 6.72. The molecule has 96 valence electrons. The van der Waals surface area contributed by atoms with E-state index in [1.807, 2.05) is 13.0 Å². The maximum atomic E-state index is 13.7. The number of piperidine rings is 2. The molecule has 18 heavy (non-hydrogen) atoms. The smallest absolute Gasteiger partial charge is 0.137 e. The Bertz CT molecular complexity index is 469. The van der Waals surface area contributed by atoms with Crippen LogP contribution in [0.5, 0.6) is 0 Å². The zero-order chi connectivity index (χ0) is 12.7. The first kappa shape index (κ1) is 11.7. The van der Waals surface area contributed by atoms with Crippen LogP contribution >= 0.6 is 0 Å². The summed E-state index contributed by atoms with van der Waals surface area (Å²) < 4.78 is 13.7. The Hall–Kier alpha value is -1.38. The lowest BCUT2D eigenvalue weighted by atomic mass is 9.83. The molecule has 2 bridgehead atoms. The fourth-order valence-corrected chi connectivity index (χ4v) is 3.44. The number of nitrogens with zero attached hydrogens (tertiary/aromatic N) is 1. The van der Waals surface area contributed by atoms with Crippen molar-refractivity contribution in [1.82, 2.24) is 0 Å². The summed E-state index contributed by atoms with van der Waals surface area (Å²) in [7, 11) is 0. The number of halogens is 1. The van der Waals surface area contributed by atoms with Crippen LogP contribution in [0.4, 0.5) is 10.1 Å². The summed E-state index contributed by atoms with van der Waals surface area (Å²) >= 11 is 0. The van der Waals surface area contributed by atoms with Gasteiger partial charge in [0.15, 0.2) is 0 Å². The van der Waals surface area contributed by atoms with Gasteiger partial charge < -0.3 is 4.90 Å². The Balaban J connectivity index is 2.00. The second-order valence-electron chi connectivity index (χ2n) is 5.48. The predicted octanol–water partition coefficient (Wildman–Crippen LogP) is 3.22. The van der Waals surface area contributed by atoms with Crippen molar-refractivity contribution in [3.8, 4) is 0 Å². The molecule has 3 heteroatoms. The number of hydrogen-bond donors (Lipinski definition) is 0. The Kier molecular flexibility index (Phi) is 2.84. The van der Waals surface area contributed by atoms with Crippen LogP contribution in [-0.2, 0) is 4.79 Å². The molecule has 0 spiro atoms. The van der Waals surface area contributed by atoms with Crippen molar-refractivity contribution in [2.45, 2.75) is 51.1 Å². The van der Waals surface area contributed by atoms with Crippen molar-refractivity contribution in [3.63, 3.8) is 0 Å². The maximum absolute atomic E-state index is 13.7. The van der Waals surface area contributed by atoms with E-state index in [-0.39, 0.29) is 17.9 Å². The fraction of sp³-hybridized carbons (Fsp3) is 0.533. The molecule has 1 aromatic carbocycles. The molecule has 2 atom stereocenters. The standard InChI is InChI=1S/C15H18FNO/c1-10-14(16)6-3-7-15(10)17-11-4-2-5-12(17)9-13(18)8-11/h3,6-7,11-12H,2,4-5,8-9H2,1H3. The van der Waals surface area contributed by atoms with Crippen molar-refractivity contribution in [1.29, 1.82) is 0 Å². The molecule has 0 N–H and O–H groups in total. The molecule has 1 aromatic rings. The molecule has 0 radical (unpaired) electrons. The molecule has 0 amide bonds. The summed E-state index contributed by atoms with van der Waals surface area (Å²) in [5.41, 5.74) is 1.70. The highest BCUT2D eigenvalue weighted by atomic mass is 19.1. The summed E-state index contributed by atoms with van der Waals surface area (Å²) in [5.74, 6) is 0.220. The van der Waals surface area contributed by atoms with Crippen LogP contribution in [0.2, 0.25) is 0 Å². The summed E-state index contributed by atoms with van der Waals surface area (Å²) in [6.07, 6.45) is 4.56. The van der Waals surface area contributed by atoms with Gasteiger partial charge in [0.1, 0.15) is 11.6 Å². The van der Waals surface area contributed by atoms with E-state index in [1.54, 1.807) is 6.07 Å². The number of rotatable bonds is 1. The predicted molar refractivity (Wildman–Crippen MR) is 69.3 cm³/mol. The van der Waals surface area contributed by atoms with Crippen LogP contribution in [0.25, 0.3) is 0 Å². The van der Waals surface area contributed by atoms with Gasteiger partial charge in [-0.3, -0.25) is 4.79 Å². The van der Waals surface area contributed by atoms with Crippen LogP contribution in [-0.4, -0.2) is 17.9 Å². The van der Waals surface area contributed by atoms with Gasteiger partial charge in [-0.2, -0.15) is 0 Å². The normalized spacial score (nSPS) is 27.4. The van der Waals surface area contributed by atoms with Gasteiger partial charge in [-0.1, -0.05) is 6.07 Å².